The Morgan fingerprint density at radius 2 is 2.38 bits per heavy atom. The van der Waals surface area contributed by atoms with Gasteiger partial charge in [0.1, 0.15) is 0 Å². The van der Waals surface area contributed by atoms with E-state index in [4.69, 9.17) is 0 Å². The van der Waals surface area contributed by atoms with Crippen molar-refractivity contribution in [3.05, 3.63) is 0 Å². The van der Waals surface area contributed by atoms with Gasteiger partial charge in [0.15, 0.2) is 0 Å². The predicted molar refractivity (Wildman–Crippen MR) is 33.1 cm³/mol. The van der Waals surface area contributed by atoms with Crippen LogP contribution in [0.5, 0.6) is 0 Å². The molecule has 3 heteroatoms. The fourth-order valence-electron chi connectivity index (χ4n) is 0.321. The molecule has 0 heterocycles. The van der Waals surface area contributed by atoms with Gasteiger partial charge in [0.25, 0.3) is 0 Å². The Labute approximate surface area is 59.7 Å². The van der Waals surface area contributed by atoms with Gasteiger partial charge in [-0.2, -0.15) is 0 Å². The molecule has 0 rings (SSSR count). The second-order valence-electron chi connectivity index (χ2n) is 1.24. The van der Waals surface area contributed by atoms with Gasteiger partial charge in [-0.1, -0.05) is 0 Å². The van der Waals surface area contributed by atoms with E-state index in [2.05, 4.69) is 9.71 Å². The fourth-order valence-corrected chi connectivity index (χ4v) is 1.23. The van der Waals surface area contributed by atoms with Crippen molar-refractivity contribution < 1.29 is 9.53 Å². The van der Waals surface area contributed by atoms with Gasteiger partial charge in [0.2, 0.25) is 0 Å². The van der Waals surface area contributed by atoms with E-state index in [1.807, 2.05) is 6.92 Å². The van der Waals surface area contributed by atoms with E-state index in [0.29, 0.717) is 11.1 Å². The van der Waals surface area contributed by atoms with Crippen LogP contribution >= 0.6 is 0 Å². The van der Waals surface area contributed by atoms with Crippen molar-refractivity contribution in [3.8, 4) is 0 Å². The third kappa shape index (κ3) is 4.42. The Hall–Kier alpha value is 0.260. The average Bonchev–Trinajstić information content (AvgIpc) is 1.68. The van der Waals surface area contributed by atoms with Crippen molar-refractivity contribution in [2.75, 3.05) is 6.61 Å². The predicted octanol–water partition coefficient (Wildman–Crippen LogP) is 0.720. The molecule has 0 fully saturated rings. The second kappa shape index (κ2) is 5.40. The summed E-state index contributed by atoms with van der Waals surface area (Å²) >= 11 is -0.0642. The number of carbonyl (C=O) groups excluding carboxylic acids is 1. The van der Waals surface area contributed by atoms with Gasteiger partial charge in [-0.05, 0) is 0 Å². The Bertz CT molecular complexity index is 64.8. The first-order chi connectivity index (χ1) is 3.81. The van der Waals surface area contributed by atoms with Gasteiger partial charge in [-0.15, -0.1) is 0 Å². The van der Waals surface area contributed by atoms with Crippen molar-refractivity contribution in [2.24, 2.45) is 0 Å². The van der Waals surface area contributed by atoms with Crippen LogP contribution in [-0.4, -0.2) is 33.5 Å². The van der Waals surface area contributed by atoms with E-state index in [0.717, 1.165) is 0 Å². The van der Waals surface area contributed by atoms with Crippen LogP contribution in [0.25, 0.3) is 0 Å². The van der Waals surface area contributed by atoms with E-state index in [-0.39, 0.29) is 26.9 Å². The minimum absolute atomic E-state index is 0.0302. The number of carbonyl (C=O) groups is 1. The number of rotatable bonds is 3. The zero-order chi connectivity index (χ0) is 6.41. The molecule has 0 aromatic carbocycles. The molecule has 0 saturated heterocycles. The molecule has 0 saturated carbocycles. The van der Waals surface area contributed by atoms with E-state index in [1.165, 1.54) is 0 Å². The Morgan fingerprint density at radius 1 is 1.75 bits per heavy atom. The molecule has 0 aliphatic carbocycles. The summed E-state index contributed by atoms with van der Waals surface area (Å²) in [5.74, 6) is -0.0302. The molecule has 0 aliphatic heterocycles. The van der Waals surface area contributed by atoms with Crippen LogP contribution in [0.1, 0.15) is 6.92 Å². The van der Waals surface area contributed by atoms with Crippen molar-refractivity contribution in [3.63, 3.8) is 0 Å². The molecule has 0 atom stereocenters. The summed E-state index contributed by atoms with van der Waals surface area (Å²) in [5.41, 5.74) is 0. The normalized spacial score (nSPS) is 8.75. The third-order valence-electron chi connectivity index (χ3n) is 0.568. The zero-order valence-corrected chi connectivity index (χ0v) is 7.47. The molecule has 8 heavy (non-hydrogen) atoms. The molecule has 0 amide bonds. The summed E-state index contributed by atoms with van der Waals surface area (Å²) in [5, 5.41) is 0. The van der Waals surface area contributed by atoms with E-state index in [9.17, 15) is 4.79 Å². The third-order valence-corrected chi connectivity index (χ3v) is 2.06. The summed E-state index contributed by atoms with van der Waals surface area (Å²) in [7, 11) is 0. The van der Waals surface area contributed by atoms with E-state index in [1.54, 1.807) is 0 Å². The van der Waals surface area contributed by atoms with Crippen LogP contribution < -0.4 is 0 Å². The number of ether oxygens (including phenoxy) is 1. The molecule has 0 spiro atoms. The monoisotopic (exact) mass is 232 g/mol. The van der Waals surface area contributed by atoms with Gasteiger partial charge in [0, 0.05) is 0 Å². The van der Waals surface area contributed by atoms with E-state index < -0.39 is 0 Å². The molecule has 0 N–H and O–H groups in total. The van der Waals surface area contributed by atoms with Crippen LogP contribution in [0, 0.1) is 0 Å². The van der Waals surface area contributed by atoms with Gasteiger partial charge in [-0.3, -0.25) is 0 Å². The molecule has 0 radical (unpaired) electrons. The SMILES string of the molecule is CCOC(=O)C[Te]C. The molecular formula is C5H10O2Te. The van der Waals surface area contributed by atoms with E-state index >= 15 is 0 Å². The van der Waals surface area contributed by atoms with Crippen molar-refractivity contribution >= 4 is 26.9 Å². The summed E-state index contributed by atoms with van der Waals surface area (Å²) in [6.07, 6.45) is 0. The van der Waals surface area contributed by atoms with Crippen LogP contribution in [0.15, 0.2) is 0 Å². The Morgan fingerprint density at radius 3 is 2.75 bits per heavy atom. The average molecular weight is 230 g/mol. The first-order valence-electron chi connectivity index (χ1n) is 2.45. The number of esters is 1. The van der Waals surface area contributed by atoms with Crippen LogP contribution in [0.4, 0.5) is 0 Å². The Balaban J connectivity index is 3.06. The standard InChI is InChI=1S/C5H10O2Te/c1-3-7-5(6)4-8-2/h3-4H2,1-2H3. The molecule has 0 aromatic heterocycles. The van der Waals surface area contributed by atoms with Crippen LogP contribution in [-0.2, 0) is 9.53 Å². The van der Waals surface area contributed by atoms with Gasteiger partial charge in [-0.25, -0.2) is 0 Å². The molecule has 2 nitrogen and oxygen atoms in total. The maximum absolute atomic E-state index is 10.5. The van der Waals surface area contributed by atoms with Crippen molar-refractivity contribution in [1.82, 2.24) is 0 Å². The van der Waals surface area contributed by atoms with Gasteiger partial charge in [0.05, 0.1) is 0 Å². The first-order valence-corrected chi connectivity index (χ1v) is 6.43. The number of hydrogen-bond acceptors (Lipinski definition) is 2. The summed E-state index contributed by atoms with van der Waals surface area (Å²) < 4.78 is 5.36. The summed E-state index contributed by atoms with van der Waals surface area (Å²) in [6.45, 7) is 2.35. The molecular weight excluding hydrogens is 220 g/mol. The molecule has 0 unspecified atom stereocenters. The first kappa shape index (κ1) is 8.26. The molecule has 0 aromatic rings. The van der Waals surface area contributed by atoms with Crippen molar-refractivity contribution in [2.45, 2.75) is 16.4 Å². The van der Waals surface area contributed by atoms with Gasteiger partial charge < -0.3 is 0 Å². The van der Waals surface area contributed by atoms with Gasteiger partial charge >= 0.3 is 59.4 Å². The summed E-state index contributed by atoms with van der Waals surface area (Å²) in [4.78, 5) is 12.5. The topological polar surface area (TPSA) is 26.3 Å². The minimum atomic E-state index is -0.0642. The Kier molecular flexibility index (Phi) is 5.57. The second-order valence-corrected chi connectivity index (χ2v) is 3.71. The summed E-state index contributed by atoms with van der Waals surface area (Å²) in [6, 6.07) is 0. The van der Waals surface area contributed by atoms with Crippen LogP contribution in [0.2, 0.25) is 9.44 Å². The molecule has 0 aliphatic rings. The quantitative estimate of drug-likeness (QED) is 0.527. The fraction of sp³-hybridized carbons (Fsp3) is 0.800. The molecule has 0 bridgehead atoms. The number of hydrogen-bond donors (Lipinski definition) is 0. The van der Waals surface area contributed by atoms with Crippen LogP contribution in [0.3, 0.4) is 0 Å². The molecule has 48 valence electrons. The zero-order valence-electron chi connectivity index (χ0n) is 5.14. The maximum atomic E-state index is 10.5. The van der Waals surface area contributed by atoms with Crippen molar-refractivity contribution in [1.29, 1.82) is 0 Å².